The normalized spacial score (nSPS) is 17.3. The van der Waals surface area contributed by atoms with Gasteiger partial charge in [0.2, 0.25) is 0 Å². The van der Waals surface area contributed by atoms with Gasteiger partial charge in [0.1, 0.15) is 5.69 Å². The van der Waals surface area contributed by atoms with Gasteiger partial charge in [0.25, 0.3) is 0 Å². The van der Waals surface area contributed by atoms with Crippen molar-refractivity contribution in [2.75, 3.05) is 18.0 Å². The molecule has 1 saturated heterocycles. The monoisotopic (exact) mass is 269 g/mol. The summed E-state index contributed by atoms with van der Waals surface area (Å²) in [5.41, 5.74) is 4.69. The number of nitrogens with one attached hydrogen (secondary N) is 1. The summed E-state index contributed by atoms with van der Waals surface area (Å²) in [6.45, 7) is 2.19. The minimum Gasteiger partial charge on any atom is -0.478 e. The number of piperidine rings is 1. The number of aromatic amines is 1. The van der Waals surface area contributed by atoms with Gasteiger partial charge in [-0.25, -0.2) is 4.79 Å². The van der Waals surface area contributed by atoms with Crippen LogP contribution < -0.4 is 4.90 Å². The highest BCUT2D eigenvalue weighted by molar-refractivity contribution is 5.89. The molecular formula is C15H15N3O2. The molecule has 20 heavy (non-hydrogen) atoms. The summed E-state index contributed by atoms with van der Waals surface area (Å²) in [4.78, 5) is 13.3. The second-order valence-electron chi connectivity index (χ2n) is 5.48. The van der Waals surface area contributed by atoms with E-state index in [0.717, 1.165) is 24.3 Å². The molecule has 1 aromatic heterocycles. The number of carboxylic acids is 1. The van der Waals surface area contributed by atoms with Crippen molar-refractivity contribution in [3.05, 3.63) is 35.5 Å². The van der Waals surface area contributed by atoms with Gasteiger partial charge in [0.05, 0.1) is 16.9 Å². The summed E-state index contributed by atoms with van der Waals surface area (Å²) < 4.78 is 0. The van der Waals surface area contributed by atoms with E-state index in [4.69, 9.17) is 5.11 Å². The van der Waals surface area contributed by atoms with E-state index in [1.807, 2.05) is 12.1 Å². The molecule has 1 fully saturated rings. The second-order valence-corrected chi connectivity index (χ2v) is 5.48. The molecule has 0 aliphatic carbocycles. The quantitative estimate of drug-likeness (QED) is 0.878. The van der Waals surface area contributed by atoms with Gasteiger partial charge >= 0.3 is 5.97 Å². The zero-order valence-corrected chi connectivity index (χ0v) is 11.0. The molecule has 3 aliphatic rings. The van der Waals surface area contributed by atoms with Gasteiger partial charge in [0, 0.05) is 24.6 Å². The van der Waals surface area contributed by atoms with Gasteiger partial charge < -0.3 is 10.0 Å². The molecule has 1 aromatic carbocycles. The molecule has 0 unspecified atom stereocenters. The number of nitrogens with zero attached hydrogens (tertiary/aromatic N) is 2. The largest absolute Gasteiger partial charge is 0.478 e. The summed E-state index contributed by atoms with van der Waals surface area (Å²) in [6.07, 6.45) is 2.40. The first-order valence-corrected chi connectivity index (χ1v) is 6.91. The van der Waals surface area contributed by atoms with Gasteiger partial charge in [-0.3, -0.25) is 5.10 Å². The molecule has 0 saturated carbocycles. The van der Waals surface area contributed by atoms with Crippen molar-refractivity contribution in [2.45, 2.75) is 18.8 Å². The zero-order chi connectivity index (χ0) is 13.7. The van der Waals surface area contributed by atoms with Crippen LogP contribution >= 0.6 is 0 Å². The maximum Gasteiger partial charge on any atom is 0.335 e. The highest BCUT2D eigenvalue weighted by atomic mass is 16.4. The third-order valence-electron chi connectivity index (χ3n) is 4.39. The van der Waals surface area contributed by atoms with E-state index >= 15 is 0 Å². The smallest absolute Gasteiger partial charge is 0.335 e. The van der Waals surface area contributed by atoms with E-state index < -0.39 is 5.97 Å². The van der Waals surface area contributed by atoms with E-state index in [-0.39, 0.29) is 0 Å². The molecule has 0 spiro atoms. The van der Waals surface area contributed by atoms with Crippen molar-refractivity contribution < 1.29 is 9.90 Å². The van der Waals surface area contributed by atoms with Crippen molar-refractivity contribution in [1.82, 2.24) is 10.2 Å². The van der Waals surface area contributed by atoms with Gasteiger partial charge in [-0.2, -0.15) is 5.10 Å². The number of carbonyl (C=O) groups is 1. The molecule has 5 heteroatoms. The Balaban J connectivity index is 1.78. The number of anilines is 1. The lowest BCUT2D eigenvalue weighted by Gasteiger charge is -2.40. The van der Waals surface area contributed by atoms with Gasteiger partial charge in [-0.1, -0.05) is 12.1 Å². The van der Waals surface area contributed by atoms with Gasteiger partial charge in [-0.05, 0) is 25.0 Å². The van der Waals surface area contributed by atoms with Crippen molar-refractivity contribution in [3.63, 3.8) is 0 Å². The second kappa shape index (κ2) is 4.10. The molecule has 0 radical (unpaired) electrons. The molecule has 5 nitrogen and oxygen atoms in total. The first kappa shape index (κ1) is 11.5. The minimum absolute atomic E-state index is 0.306. The van der Waals surface area contributed by atoms with E-state index in [0.29, 0.717) is 11.5 Å². The molecule has 2 bridgehead atoms. The summed E-state index contributed by atoms with van der Waals surface area (Å²) in [5.74, 6) is -0.294. The predicted molar refractivity (Wildman–Crippen MR) is 75.2 cm³/mol. The van der Waals surface area contributed by atoms with Crippen LogP contribution in [0.15, 0.2) is 24.3 Å². The Morgan fingerprint density at radius 3 is 2.60 bits per heavy atom. The zero-order valence-electron chi connectivity index (χ0n) is 11.0. The Morgan fingerprint density at radius 2 is 1.95 bits per heavy atom. The van der Waals surface area contributed by atoms with Crippen molar-refractivity contribution in [2.24, 2.45) is 0 Å². The fourth-order valence-corrected chi connectivity index (χ4v) is 3.32. The van der Waals surface area contributed by atoms with Crippen LogP contribution in [0.5, 0.6) is 0 Å². The van der Waals surface area contributed by atoms with Crippen molar-refractivity contribution >= 4 is 11.7 Å². The summed E-state index contributed by atoms with van der Waals surface area (Å²) in [6, 6.07) is 6.94. The summed E-state index contributed by atoms with van der Waals surface area (Å²) in [7, 11) is 0. The molecule has 4 heterocycles. The van der Waals surface area contributed by atoms with Crippen LogP contribution in [0.4, 0.5) is 5.69 Å². The first-order valence-electron chi connectivity index (χ1n) is 6.91. The number of aromatic carboxylic acids is 1. The number of benzene rings is 1. The Hall–Kier alpha value is -2.30. The van der Waals surface area contributed by atoms with Gasteiger partial charge in [0.15, 0.2) is 0 Å². The van der Waals surface area contributed by atoms with E-state index in [2.05, 4.69) is 15.1 Å². The molecular weight excluding hydrogens is 254 g/mol. The van der Waals surface area contributed by atoms with Crippen LogP contribution in [-0.2, 0) is 0 Å². The SMILES string of the molecule is O=C(O)c1ccc(-c2n[nH]c3c2N2CCC3CC2)cc1. The first-order chi connectivity index (χ1) is 9.74. The average molecular weight is 269 g/mol. The number of aromatic nitrogens is 2. The maximum absolute atomic E-state index is 10.9. The number of hydrogen-bond donors (Lipinski definition) is 2. The molecule has 5 rings (SSSR count). The molecule has 2 N–H and O–H groups in total. The van der Waals surface area contributed by atoms with E-state index in [1.54, 1.807) is 12.1 Å². The highest BCUT2D eigenvalue weighted by Gasteiger charge is 2.35. The minimum atomic E-state index is -0.900. The maximum atomic E-state index is 10.9. The Kier molecular flexibility index (Phi) is 2.36. The molecule has 102 valence electrons. The number of rotatable bonds is 2. The van der Waals surface area contributed by atoms with E-state index in [9.17, 15) is 4.79 Å². The third kappa shape index (κ3) is 1.56. The number of carboxylic acid groups (broad SMARTS) is 1. The fraction of sp³-hybridized carbons (Fsp3) is 0.333. The van der Waals surface area contributed by atoms with Crippen LogP contribution in [0.25, 0.3) is 11.3 Å². The Morgan fingerprint density at radius 1 is 1.25 bits per heavy atom. The Bertz CT molecular complexity index is 667. The summed E-state index contributed by atoms with van der Waals surface area (Å²) >= 11 is 0. The standard InChI is InChI=1S/C15H15N3O2/c19-15(20)11-3-1-9(2-4-11)12-14-13(17-16-12)10-5-7-18(14)8-6-10/h1-4,10H,5-8H2,(H,16,17)(H,19,20). The van der Waals surface area contributed by atoms with Gasteiger partial charge in [-0.15, -0.1) is 0 Å². The lowest BCUT2D eigenvalue weighted by molar-refractivity contribution is 0.0697. The lowest BCUT2D eigenvalue weighted by Crippen LogP contribution is -2.38. The summed E-state index contributed by atoms with van der Waals surface area (Å²) in [5, 5.41) is 16.6. The van der Waals surface area contributed by atoms with E-state index in [1.165, 1.54) is 24.2 Å². The van der Waals surface area contributed by atoms with Crippen LogP contribution in [-0.4, -0.2) is 34.4 Å². The number of fused-ring (bicyclic) bond motifs is 2. The predicted octanol–water partition coefficient (Wildman–Crippen LogP) is 2.47. The van der Waals surface area contributed by atoms with Crippen LogP contribution in [0.2, 0.25) is 0 Å². The number of H-pyrrole nitrogens is 1. The molecule has 2 aromatic rings. The molecule has 0 amide bonds. The van der Waals surface area contributed by atoms with Crippen LogP contribution in [0.1, 0.15) is 34.8 Å². The fourth-order valence-electron chi connectivity index (χ4n) is 3.32. The Labute approximate surface area is 116 Å². The molecule has 0 atom stereocenters. The van der Waals surface area contributed by atoms with Crippen molar-refractivity contribution in [3.8, 4) is 11.3 Å². The van der Waals surface area contributed by atoms with Crippen LogP contribution in [0, 0.1) is 0 Å². The third-order valence-corrected chi connectivity index (χ3v) is 4.39. The highest BCUT2D eigenvalue weighted by Crippen LogP contribution is 2.45. The molecule has 3 aliphatic heterocycles. The number of hydrogen-bond acceptors (Lipinski definition) is 3. The topological polar surface area (TPSA) is 69.2 Å². The van der Waals surface area contributed by atoms with Crippen LogP contribution in [0.3, 0.4) is 0 Å². The lowest BCUT2D eigenvalue weighted by atomic mass is 9.86. The van der Waals surface area contributed by atoms with Crippen molar-refractivity contribution in [1.29, 1.82) is 0 Å². The average Bonchev–Trinajstić information content (AvgIpc) is 2.95.